The number of aryl methyl sites for hydroxylation is 1. The number of aliphatic hydroxyl groups is 1. The Morgan fingerprint density at radius 1 is 1.24 bits per heavy atom. The average Bonchev–Trinajstić information content (AvgIpc) is 2.45. The molecule has 108 valence electrons. The number of aliphatic hydroxyl groups excluding tert-OH is 1. The van der Waals surface area contributed by atoms with Crippen molar-refractivity contribution in [1.82, 2.24) is 0 Å². The van der Waals surface area contributed by atoms with Gasteiger partial charge >= 0.3 is 0 Å². The summed E-state index contributed by atoms with van der Waals surface area (Å²) in [5.74, 6) is 5.69. The standard InChI is InChI=1S/C17H14ClFO2/c1-12-9-13(3-2-8-20)4-7-17(12)21-11-14-5-6-15(18)10-16(14)19/h4-7,9-10,20H,8,11H2,1H3. The summed E-state index contributed by atoms with van der Waals surface area (Å²) in [4.78, 5) is 0. The molecule has 0 bridgehead atoms. The van der Waals surface area contributed by atoms with Crippen molar-refractivity contribution in [2.45, 2.75) is 13.5 Å². The molecule has 0 fully saturated rings. The average molecular weight is 305 g/mol. The van der Waals surface area contributed by atoms with Gasteiger partial charge in [0.1, 0.15) is 24.8 Å². The summed E-state index contributed by atoms with van der Waals surface area (Å²) in [5, 5.41) is 9.02. The number of ether oxygens (including phenoxy) is 1. The number of halogens is 2. The molecule has 0 aliphatic rings. The number of hydrogen-bond donors (Lipinski definition) is 1. The Balaban J connectivity index is 2.09. The highest BCUT2D eigenvalue weighted by Crippen LogP contribution is 2.21. The van der Waals surface area contributed by atoms with E-state index in [1.54, 1.807) is 24.3 Å². The topological polar surface area (TPSA) is 29.5 Å². The van der Waals surface area contributed by atoms with Gasteiger partial charge in [-0.3, -0.25) is 0 Å². The van der Waals surface area contributed by atoms with Crippen molar-refractivity contribution in [3.05, 3.63) is 63.9 Å². The minimum Gasteiger partial charge on any atom is -0.489 e. The van der Waals surface area contributed by atoms with Crippen molar-refractivity contribution in [3.63, 3.8) is 0 Å². The molecule has 2 aromatic carbocycles. The van der Waals surface area contributed by atoms with Crippen molar-refractivity contribution in [2.24, 2.45) is 0 Å². The van der Waals surface area contributed by atoms with Crippen LogP contribution in [0.15, 0.2) is 36.4 Å². The van der Waals surface area contributed by atoms with E-state index in [0.29, 0.717) is 16.3 Å². The van der Waals surface area contributed by atoms with Gasteiger partial charge in [0, 0.05) is 16.1 Å². The van der Waals surface area contributed by atoms with Crippen molar-refractivity contribution < 1.29 is 14.2 Å². The Morgan fingerprint density at radius 3 is 2.71 bits per heavy atom. The molecule has 0 radical (unpaired) electrons. The van der Waals surface area contributed by atoms with Crippen LogP contribution in [-0.4, -0.2) is 11.7 Å². The lowest BCUT2D eigenvalue weighted by atomic mass is 10.1. The van der Waals surface area contributed by atoms with E-state index in [4.69, 9.17) is 21.4 Å². The van der Waals surface area contributed by atoms with Gasteiger partial charge in [-0.25, -0.2) is 4.39 Å². The molecular weight excluding hydrogens is 291 g/mol. The molecular formula is C17H14ClFO2. The molecule has 21 heavy (non-hydrogen) atoms. The summed E-state index contributed by atoms with van der Waals surface area (Å²) in [7, 11) is 0. The molecule has 2 aromatic rings. The lowest BCUT2D eigenvalue weighted by Crippen LogP contribution is -2.00. The lowest BCUT2D eigenvalue weighted by Gasteiger charge is -2.10. The van der Waals surface area contributed by atoms with Gasteiger partial charge in [-0.15, -0.1) is 0 Å². The van der Waals surface area contributed by atoms with Gasteiger partial charge in [-0.05, 0) is 42.8 Å². The molecule has 0 aliphatic carbocycles. The van der Waals surface area contributed by atoms with E-state index in [2.05, 4.69) is 11.8 Å². The minimum absolute atomic E-state index is 0.130. The van der Waals surface area contributed by atoms with E-state index in [9.17, 15) is 4.39 Å². The predicted molar refractivity (Wildman–Crippen MR) is 80.9 cm³/mol. The Bertz CT molecular complexity index is 702. The van der Waals surface area contributed by atoms with Gasteiger partial charge in [0.2, 0.25) is 0 Å². The van der Waals surface area contributed by atoms with Crippen LogP contribution in [0, 0.1) is 24.6 Å². The van der Waals surface area contributed by atoms with Crippen molar-refractivity contribution in [2.75, 3.05) is 6.61 Å². The molecule has 0 spiro atoms. The van der Waals surface area contributed by atoms with E-state index in [1.807, 2.05) is 13.0 Å². The van der Waals surface area contributed by atoms with Crippen molar-refractivity contribution in [1.29, 1.82) is 0 Å². The van der Waals surface area contributed by atoms with Crippen LogP contribution in [0.5, 0.6) is 5.75 Å². The molecule has 0 aliphatic heterocycles. The SMILES string of the molecule is Cc1cc(C#CCO)ccc1OCc1ccc(Cl)cc1F. The first-order valence-electron chi connectivity index (χ1n) is 6.37. The van der Waals surface area contributed by atoms with Crippen LogP contribution in [0.2, 0.25) is 5.02 Å². The lowest BCUT2D eigenvalue weighted by molar-refractivity contribution is 0.298. The highest BCUT2D eigenvalue weighted by atomic mass is 35.5. The smallest absolute Gasteiger partial charge is 0.131 e. The Hall–Kier alpha value is -2.02. The Kier molecular flexibility index (Phi) is 5.21. The second-order valence-corrected chi connectivity index (χ2v) is 4.90. The third-order valence-electron chi connectivity index (χ3n) is 2.89. The zero-order valence-corrected chi connectivity index (χ0v) is 12.2. The van der Waals surface area contributed by atoms with E-state index < -0.39 is 0 Å². The van der Waals surface area contributed by atoms with Crippen LogP contribution >= 0.6 is 11.6 Å². The Morgan fingerprint density at radius 2 is 2.05 bits per heavy atom. The number of benzene rings is 2. The van der Waals surface area contributed by atoms with E-state index in [1.165, 1.54) is 6.07 Å². The molecule has 2 rings (SSSR count). The maximum atomic E-state index is 13.7. The zero-order chi connectivity index (χ0) is 15.2. The quantitative estimate of drug-likeness (QED) is 0.876. The second kappa shape index (κ2) is 7.12. The monoisotopic (exact) mass is 304 g/mol. The highest BCUT2D eigenvalue weighted by Gasteiger charge is 2.05. The van der Waals surface area contributed by atoms with Crippen molar-refractivity contribution >= 4 is 11.6 Å². The van der Waals surface area contributed by atoms with Crippen LogP contribution in [0.1, 0.15) is 16.7 Å². The highest BCUT2D eigenvalue weighted by molar-refractivity contribution is 6.30. The van der Waals surface area contributed by atoms with Gasteiger partial charge in [-0.2, -0.15) is 0 Å². The fourth-order valence-electron chi connectivity index (χ4n) is 1.82. The summed E-state index contributed by atoms with van der Waals surface area (Å²) < 4.78 is 19.3. The fraction of sp³-hybridized carbons (Fsp3) is 0.176. The molecule has 0 atom stereocenters. The number of rotatable bonds is 3. The van der Waals surface area contributed by atoms with Gasteiger partial charge in [-0.1, -0.05) is 29.5 Å². The van der Waals surface area contributed by atoms with Crippen molar-refractivity contribution in [3.8, 4) is 17.6 Å². The maximum absolute atomic E-state index is 13.7. The van der Waals surface area contributed by atoms with E-state index in [0.717, 1.165) is 11.1 Å². The summed E-state index contributed by atoms with van der Waals surface area (Å²) in [5.41, 5.74) is 2.14. The predicted octanol–water partition coefficient (Wildman–Crippen LogP) is 3.71. The van der Waals surface area contributed by atoms with Gasteiger partial charge in [0.25, 0.3) is 0 Å². The third kappa shape index (κ3) is 4.22. The molecule has 4 heteroatoms. The molecule has 1 N–H and O–H groups in total. The van der Waals surface area contributed by atoms with Gasteiger partial charge in [0.15, 0.2) is 0 Å². The third-order valence-corrected chi connectivity index (χ3v) is 3.12. The second-order valence-electron chi connectivity index (χ2n) is 4.46. The molecule has 0 amide bonds. The zero-order valence-electron chi connectivity index (χ0n) is 11.5. The normalized spacial score (nSPS) is 9.90. The van der Waals surface area contributed by atoms with Crippen LogP contribution in [0.4, 0.5) is 4.39 Å². The molecule has 2 nitrogen and oxygen atoms in total. The first-order chi connectivity index (χ1) is 10.1. The molecule has 0 saturated carbocycles. The molecule has 0 heterocycles. The van der Waals surface area contributed by atoms with Gasteiger partial charge in [0.05, 0.1) is 0 Å². The maximum Gasteiger partial charge on any atom is 0.131 e. The summed E-state index contributed by atoms with van der Waals surface area (Å²) in [6.45, 7) is 1.84. The molecule has 0 saturated heterocycles. The summed E-state index contributed by atoms with van der Waals surface area (Å²) in [6.07, 6.45) is 0. The first kappa shape index (κ1) is 15.4. The largest absolute Gasteiger partial charge is 0.489 e. The Labute approximate surface area is 128 Å². The van der Waals surface area contributed by atoms with E-state index in [-0.39, 0.29) is 19.0 Å². The van der Waals surface area contributed by atoms with Crippen LogP contribution < -0.4 is 4.74 Å². The molecule has 0 aromatic heterocycles. The summed E-state index contributed by atoms with van der Waals surface area (Å²) >= 11 is 5.71. The summed E-state index contributed by atoms with van der Waals surface area (Å²) in [6, 6.07) is 9.93. The first-order valence-corrected chi connectivity index (χ1v) is 6.75. The number of hydrogen-bond acceptors (Lipinski definition) is 2. The van der Waals surface area contributed by atoms with Crippen LogP contribution in [0.25, 0.3) is 0 Å². The van der Waals surface area contributed by atoms with Gasteiger partial charge < -0.3 is 9.84 Å². The molecule has 0 unspecified atom stereocenters. The fourth-order valence-corrected chi connectivity index (χ4v) is 1.98. The van der Waals surface area contributed by atoms with E-state index >= 15 is 0 Å². The van der Waals surface area contributed by atoms with Crippen LogP contribution in [-0.2, 0) is 6.61 Å². The minimum atomic E-state index is -0.384. The van der Waals surface area contributed by atoms with Crippen LogP contribution in [0.3, 0.4) is 0 Å².